The molecule has 4 heteroatoms. The second-order valence-electron chi connectivity index (χ2n) is 3.90. The molecule has 2 atom stereocenters. The van der Waals surface area contributed by atoms with Gasteiger partial charge in [-0.1, -0.05) is 6.42 Å². The Morgan fingerprint density at radius 1 is 1.07 bits per heavy atom. The van der Waals surface area contributed by atoms with Gasteiger partial charge in [-0.25, -0.2) is 13.2 Å². The van der Waals surface area contributed by atoms with E-state index in [9.17, 15) is 18.3 Å². The molecule has 2 rings (SSSR count). The van der Waals surface area contributed by atoms with Crippen molar-refractivity contribution >= 4 is 0 Å². The Bertz CT molecular complexity index is 355. The van der Waals surface area contributed by atoms with Gasteiger partial charge in [0.25, 0.3) is 0 Å². The quantitative estimate of drug-likeness (QED) is 0.715. The van der Waals surface area contributed by atoms with Crippen molar-refractivity contribution in [1.29, 1.82) is 0 Å². The fourth-order valence-electron chi connectivity index (χ4n) is 2.12. The Balaban J connectivity index is 2.36. The predicted molar refractivity (Wildman–Crippen MR) is 48.9 cm³/mol. The maximum absolute atomic E-state index is 12.9. The van der Waals surface area contributed by atoms with Crippen LogP contribution in [0.2, 0.25) is 0 Å². The molecule has 0 spiro atoms. The van der Waals surface area contributed by atoms with E-state index in [1.165, 1.54) is 0 Å². The second-order valence-corrected chi connectivity index (χ2v) is 3.90. The molecule has 82 valence electrons. The van der Waals surface area contributed by atoms with E-state index in [4.69, 9.17) is 0 Å². The third kappa shape index (κ3) is 1.86. The third-order valence-electron chi connectivity index (χ3n) is 2.91. The van der Waals surface area contributed by atoms with Gasteiger partial charge in [0.05, 0.1) is 6.10 Å². The van der Waals surface area contributed by atoms with Crippen molar-refractivity contribution in [3.8, 4) is 0 Å². The SMILES string of the molecule is O[C@@H]1CCC[C@H]1c1cc(F)c(F)c(F)c1. The van der Waals surface area contributed by atoms with Gasteiger partial charge in [0.2, 0.25) is 0 Å². The van der Waals surface area contributed by atoms with Crippen molar-refractivity contribution in [3.05, 3.63) is 35.1 Å². The lowest BCUT2D eigenvalue weighted by Gasteiger charge is -2.15. The van der Waals surface area contributed by atoms with Crippen LogP contribution in [0.25, 0.3) is 0 Å². The van der Waals surface area contributed by atoms with E-state index in [2.05, 4.69) is 0 Å². The summed E-state index contributed by atoms with van der Waals surface area (Å²) in [7, 11) is 0. The van der Waals surface area contributed by atoms with Crippen LogP contribution in [-0.2, 0) is 0 Å². The van der Waals surface area contributed by atoms with Gasteiger partial charge in [0.15, 0.2) is 17.5 Å². The predicted octanol–water partition coefficient (Wildman–Crippen LogP) is 2.73. The van der Waals surface area contributed by atoms with Crippen molar-refractivity contribution in [2.24, 2.45) is 0 Å². The van der Waals surface area contributed by atoms with Gasteiger partial charge in [-0.05, 0) is 30.5 Å². The largest absolute Gasteiger partial charge is 0.392 e. The highest BCUT2D eigenvalue weighted by atomic mass is 19.2. The smallest absolute Gasteiger partial charge is 0.194 e. The molecule has 15 heavy (non-hydrogen) atoms. The first-order valence-electron chi connectivity index (χ1n) is 4.92. The van der Waals surface area contributed by atoms with Crippen molar-refractivity contribution < 1.29 is 18.3 Å². The number of hydrogen-bond donors (Lipinski definition) is 1. The first-order valence-corrected chi connectivity index (χ1v) is 4.92. The number of rotatable bonds is 1. The van der Waals surface area contributed by atoms with Crippen LogP contribution in [0.4, 0.5) is 13.2 Å². The number of halogens is 3. The monoisotopic (exact) mass is 216 g/mol. The van der Waals surface area contributed by atoms with E-state index in [0.717, 1.165) is 18.6 Å². The molecule has 1 saturated carbocycles. The van der Waals surface area contributed by atoms with Crippen LogP contribution in [0.1, 0.15) is 30.7 Å². The number of aliphatic hydroxyl groups is 1. The molecule has 1 aliphatic rings. The molecule has 0 radical (unpaired) electrons. The molecule has 0 heterocycles. The molecular formula is C11H11F3O. The van der Waals surface area contributed by atoms with E-state index in [1.54, 1.807) is 0 Å². The van der Waals surface area contributed by atoms with Crippen molar-refractivity contribution in [1.82, 2.24) is 0 Å². The summed E-state index contributed by atoms with van der Waals surface area (Å²) in [5.41, 5.74) is 0.344. The van der Waals surface area contributed by atoms with Crippen molar-refractivity contribution in [2.75, 3.05) is 0 Å². The molecule has 0 saturated heterocycles. The topological polar surface area (TPSA) is 20.2 Å². The van der Waals surface area contributed by atoms with Crippen molar-refractivity contribution in [2.45, 2.75) is 31.3 Å². The van der Waals surface area contributed by atoms with E-state index in [-0.39, 0.29) is 5.92 Å². The van der Waals surface area contributed by atoms with Gasteiger partial charge >= 0.3 is 0 Å². The third-order valence-corrected chi connectivity index (χ3v) is 2.91. The zero-order chi connectivity index (χ0) is 11.0. The summed E-state index contributed by atoms with van der Waals surface area (Å²) < 4.78 is 38.5. The zero-order valence-corrected chi connectivity index (χ0v) is 8.01. The minimum absolute atomic E-state index is 0.269. The Kier molecular flexibility index (Phi) is 2.69. The normalized spacial score (nSPS) is 25.9. The Morgan fingerprint density at radius 2 is 1.67 bits per heavy atom. The van der Waals surface area contributed by atoms with Gasteiger partial charge in [-0.15, -0.1) is 0 Å². The minimum Gasteiger partial charge on any atom is -0.392 e. The summed E-state index contributed by atoms with van der Waals surface area (Å²) in [6.45, 7) is 0. The molecule has 0 amide bonds. The molecule has 0 bridgehead atoms. The molecule has 1 nitrogen and oxygen atoms in total. The second kappa shape index (κ2) is 3.85. The maximum Gasteiger partial charge on any atom is 0.194 e. The van der Waals surface area contributed by atoms with Crippen LogP contribution < -0.4 is 0 Å². The molecule has 0 aromatic heterocycles. The number of benzene rings is 1. The van der Waals surface area contributed by atoms with E-state index < -0.39 is 23.6 Å². The van der Waals surface area contributed by atoms with Gasteiger partial charge in [0, 0.05) is 5.92 Å². The van der Waals surface area contributed by atoms with Gasteiger partial charge in [-0.3, -0.25) is 0 Å². The number of hydrogen-bond acceptors (Lipinski definition) is 1. The van der Waals surface area contributed by atoms with Crippen molar-refractivity contribution in [3.63, 3.8) is 0 Å². The number of aliphatic hydroxyl groups excluding tert-OH is 1. The molecule has 1 aromatic carbocycles. The maximum atomic E-state index is 12.9. The summed E-state index contributed by atoms with van der Waals surface area (Å²) in [5, 5.41) is 9.55. The van der Waals surface area contributed by atoms with Crippen LogP contribution in [0.15, 0.2) is 12.1 Å². The highest BCUT2D eigenvalue weighted by molar-refractivity contribution is 5.25. The van der Waals surface area contributed by atoms with Crippen LogP contribution in [0.3, 0.4) is 0 Å². The summed E-state index contributed by atoms with van der Waals surface area (Å²) >= 11 is 0. The Morgan fingerprint density at radius 3 is 2.13 bits per heavy atom. The minimum atomic E-state index is -1.45. The van der Waals surface area contributed by atoms with E-state index >= 15 is 0 Å². The first kappa shape index (κ1) is 10.5. The van der Waals surface area contributed by atoms with Crippen LogP contribution in [0, 0.1) is 17.5 Å². The lowest BCUT2D eigenvalue weighted by atomic mass is 9.95. The molecule has 1 fully saturated rings. The summed E-state index contributed by atoms with van der Waals surface area (Å²) in [4.78, 5) is 0. The average molecular weight is 216 g/mol. The van der Waals surface area contributed by atoms with E-state index in [1.807, 2.05) is 0 Å². The van der Waals surface area contributed by atoms with Gasteiger partial charge in [0.1, 0.15) is 0 Å². The molecule has 1 aromatic rings. The lowest BCUT2D eigenvalue weighted by molar-refractivity contribution is 0.163. The van der Waals surface area contributed by atoms with Gasteiger partial charge < -0.3 is 5.11 Å². The summed E-state index contributed by atoms with van der Waals surface area (Å²) in [6, 6.07) is 1.94. The van der Waals surface area contributed by atoms with E-state index in [0.29, 0.717) is 18.4 Å². The molecule has 0 unspecified atom stereocenters. The zero-order valence-electron chi connectivity index (χ0n) is 8.01. The Labute approximate surface area is 85.5 Å². The molecule has 0 aliphatic heterocycles. The molecular weight excluding hydrogens is 205 g/mol. The van der Waals surface area contributed by atoms with Crippen LogP contribution in [0.5, 0.6) is 0 Å². The summed E-state index contributed by atoms with van der Waals surface area (Å²) in [6.07, 6.45) is 1.57. The highest BCUT2D eigenvalue weighted by Crippen LogP contribution is 2.35. The first-order chi connectivity index (χ1) is 7.09. The fourth-order valence-corrected chi connectivity index (χ4v) is 2.12. The fraction of sp³-hybridized carbons (Fsp3) is 0.455. The van der Waals surface area contributed by atoms with Gasteiger partial charge in [-0.2, -0.15) is 0 Å². The standard InChI is InChI=1S/C11H11F3O/c12-8-4-6(5-9(13)11(8)14)7-2-1-3-10(7)15/h4-5,7,10,15H,1-3H2/t7-,10+/m0/s1. The average Bonchev–Trinajstić information content (AvgIpc) is 2.60. The molecule has 1 aliphatic carbocycles. The highest BCUT2D eigenvalue weighted by Gasteiger charge is 2.28. The summed E-state index contributed by atoms with van der Waals surface area (Å²) in [5.74, 6) is -4.10. The molecule has 1 N–H and O–H groups in total. The lowest BCUT2D eigenvalue weighted by Crippen LogP contribution is -2.12. The Hall–Kier alpha value is -1.03. The van der Waals surface area contributed by atoms with Crippen LogP contribution in [-0.4, -0.2) is 11.2 Å². The van der Waals surface area contributed by atoms with Crippen LogP contribution >= 0.6 is 0 Å².